The molecule has 144 valence electrons. The highest BCUT2D eigenvalue weighted by Crippen LogP contribution is 2.27. The molecule has 0 heterocycles. The SMILES string of the molecule is Cc1ccc(-c2ccc(OCC(=O)Nc3c(C)cccc3C(C)C)cc2)cc1. The topological polar surface area (TPSA) is 38.3 Å². The number of carbonyl (C=O) groups is 1. The van der Waals surface area contributed by atoms with Crippen molar-refractivity contribution in [2.24, 2.45) is 0 Å². The number of nitrogens with one attached hydrogen (secondary N) is 1. The van der Waals surface area contributed by atoms with Gasteiger partial charge in [-0.1, -0.05) is 74.0 Å². The zero-order chi connectivity index (χ0) is 20.1. The monoisotopic (exact) mass is 373 g/mol. The molecule has 0 atom stereocenters. The third-order valence-corrected chi connectivity index (χ3v) is 4.80. The molecule has 0 aromatic heterocycles. The van der Waals surface area contributed by atoms with E-state index in [0.717, 1.165) is 27.9 Å². The molecule has 0 spiro atoms. The van der Waals surface area contributed by atoms with Crippen LogP contribution in [0.2, 0.25) is 0 Å². The summed E-state index contributed by atoms with van der Waals surface area (Å²) < 4.78 is 5.68. The van der Waals surface area contributed by atoms with Gasteiger partial charge in [0.2, 0.25) is 0 Å². The van der Waals surface area contributed by atoms with Crippen LogP contribution in [0.3, 0.4) is 0 Å². The predicted molar refractivity (Wildman–Crippen MR) is 116 cm³/mol. The lowest BCUT2D eigenvalue weighted by atomic mass is 9.98. The number of benzene rings is 3. The Hall–Kier alpha value is -3.07. The molecule has 0 radical (unpaired) electrons. The van der Waals surface area contributed by atoms with Crippen molar-refractivity contribution in [2.75, 3.05) is 11.9 Å². The van der Waals surface area contributed by atoms with Gasteiger partial charge in [0, 0.05) is 5.69 Å². The lowest BCUT2D eigenvalue weighted by Crippen LogP contribution is -2.21. The first-order chi connectivity index (χ1) is 13.4. The van der Waals surface area contributed by atoms with Gasteiger partial charge in [0.25, 0.3) is 5.91 Å². The molecule has 0 aliphatic heterocycles. The largest absolute Gasteiger partial charge is 0.484 e. The Morgan fingerprint density at radius 3 is 2.11 bits per heavy atom. The summed E-state index contributed by atoms with van der Waals surface area (Å²) in [4.78, 5) is 12.4. The van der Waals surface area contributed by atoms with E-state index in [1.807, 2.05) is 43.3 Å². The van der Waals surface area contributed by atoms with Crippen LogP contribution in [0.4, 0.5) is 5.69 Å². The fourth-order valence-corrected chi connectivity index (χ4v) is 3.16. The van der Waals surface area contributed by atoms with E-state index in [4.69, 9.17) is 4.74 Å². The fourth-order valence-electron chi connectivity index (χ4n) is 3.16. The summed E-state index contributed by atoms with van der Waals surface area (Å²) in [5.41, 5.74) is 6.61. The Balaban J connectivity index is 1.62. The number of hydrogen-bond acceptors (Lipinski definition) is 2. The summed E-state index contributed by atoms with van der Waals surface area (Å²) in [6.45, 7) is 8.31. The van der Waals surface area contributed by atoms with Crippen molar-refractivity contribution in [1.82, 2.24) is 0 Å². The predicted octanol–water partition coefficient (Wildman–Crippen LogP) is 6.11. The summed E-state index contributed by atoms with van der Waals surface area (Å²) in [5, 5.41) is 3.01. The molecule has 0 aliphatic carbocycles. The number of rotatable bonds is 6. The zero-order valence-electron chi connectivity index (χ0n) is 17.0. The molecular formula is C25H27NO2. The Morgan fingerprint density at radius 2 is 1.50 bits per heavy atom. The van der Waals surface area contributed by atoms with Crippen LogP contribution in [-0.4, -0.2) is 12.5 Å². The molecule has 1 N–H and O–H groups in total. The van der Waals surface area contributed by atoms with Crippen molar-refractivity contribution in [3.8, 4) is 16.9 Å². The van der Waals surface area contributed by atoms with Crippen LogP contribution in [0.5, 0.6) is 5.75 Å². The maximum atomic E-state index is 12.4. The number of hydrogen-bond donors (Lipinski definition) is 1. The van der Waals surface area contributed by atoms with Crippen molar-refractivity contribution >= 4 is 11.6 Å². The average molecular weight is 373 g/mol. The molecule has 28 heavy (non-hydrogen) atoms. The van der Waals surface area contributed by atoms with Gasteiger partial charge in [-0.25, -0.2) is 0 Å². The number of ether oxygens (including phenoxy) is 1. The first-order valence-corrected chi connectivity index (χ1v) is 9.63. The maximum absolute atomic E-state index is 12.4. The van der Waals surface area contributed by atoms with Crippen LogP contribution < -0.4 is 10.1 Å². The highest BCUT2D eigenvalue weighted by atomic mass is 16.5. The second-order valence-corrected chi connectivity index (χ2v) is 7.42. The first-order valence-electron chi connectivity index (χ1n) is 9.63. The second-order valence-electron chi connectivity index (χ2n) is 7.42. The molecule has 0 fully saturated rings. The minimum Gasteiger partial charge on any atom is -0.484 e. The Morgan fingerprint density at radius 1 is 0.893 bits per heavy atom. The van der Waals surface area contributed by atoms with E-state index >= 15 is 0 Å². The molecule has 0 aliphatic rings. The van der Waals surface area contributed by atoms with Gasteiger partial charge in [0.05, 0.1) is 0 Å². The lowest BCUT2D eigenvalue weighted by Gasteiger charge is -2.16. The van der Waals surface area contributed by atoms with Gasteiger partial charge in [0.1, 0.15) is 5.75 Å². The summed E-state index contributed by atoms with van der Waals surface area (Å²) in [7, 11) is 0. The van der Waals surface area contributed by atoms with E-state index in [1.54, 1.807) is 0 Å². The molecule has 3 nitrogen and oxygen atoms in total. The van der Waals surface area contributed by atoms with E-state index in [9.17, 15) is 4.79 Å². The number of para-hydroxylation sites is 1. The smallest absolute Gasteiger partial charge is 0.262 e. The van der Waals surface area contributed by atoms with Crippen LogP contribution in [-0.2, 0) is 4.79 Å². The quantitative estimate of drug-likeness (QED) is 0.566. The standard InChI is InChI=1S/C25H27NO2/c1-17(2)23-7-5-6-19(4)25(23)26-24(27)16-28-22-14-12-21(13-15-22)20-10-8-18(3)9-11-20/h5-15,17H,16H2,1-4H3,(H,26,27). The van der Waals surface area contributed by atoms with Crippen LogP contribution in [0.25, 0.3) is 11.1 Å². The van der Waals surface area contributed by atoms with E-state index in [2.05, 4.69) is 56.4 Å². The number of carbonyl (C=O) groups excluding carboxylic acids is 1. The summed E-state index contributed by atoms with van der Waals surface area (Å²) >= 11 is 0. The first kappa shape index (κ1) is 19.7. The number of amides is 1. The van der Waals surface area contributed by atoms with Crippen LogP contribution in [0.15, 0.2) is 66.7 Å². The fraction of sp³-hybridized carbons (Fsp3) is 0.240. The maximum Gasteiger partial charge on any atom is 0.262 e. The molecule has 3 aromatic rings. The van der Waals surface area contributed by atoms with Gasteiger partial charge in [-0.15, -0.1) is 0 Å². The highest BCUT2D eigenvalue weighted by Gasteiger charge is 2.12. The van der Waals surface area contributed by atoms with Gasteiger partial charge < -0.3 is 10.1 Å². The molecule has 0 saturated carbocycles. The van der Waals surface area contributed by atoms with Crippen molar-refractivity contribution in [3.05, 3.63) is 83.4 Å². The minimum absolute atomic E-state index is 0.0181. The Bertz CT molecular complexity index is 941. The third kappa shape index (κ3) is 4.80. The van der Waals surface area contributed by atoms with Crippen LogP contribution >= 0.6 is 0 Å². The van der Waals surface area contributed by atoms with Gasteiger partial charge in [0.15, 0.2) is 6.61 Å². The van der Waals surface area contributed by atoms with Crippen LogP contribution in [0.1, 0.15) is 36.5 Å². The molecule has 0 unspecified atom stereocenters. The van der Waals surface area contributed by atoms with Gasteiger partial charge in [-0.2, -0.15) is 0 Å². The van der Waals surface area contributed by atoms with Gasteiger partial charge in [-0.05, 0) is 54.2 Å². The van der Waals surface area contributed by atoms with Crippen molar-refractivity contribution in [1.29, 1.82) is 0 Å². The molecule has 0 saturated heterocycles. The Labute approximate surface area is 167 Å². The molecular weight excluding hydrogens is 346 g/mol. The van der Waals surface area contributed by atoms with E-state index in [0.29, 0.717) is 11.7 Å². The average Bonchev–Trinajstić information content (AvgIpc) is 2.69. The normalized spacial score (nSPS) is 10.8. The number of aryl methyl sites for hydroxylation is 2. The summed E-state index contributed by atoms with van der Waals surface area (Å²) in [5.74, 6) is 0.865. The van der Waals surface area contributed by atoms with Gasteiger partial charge in [-0.3, -0.25) is 4.79 Å². The molecule has 3 aromatic carbocycles. The van der Waals surface area contributed by atoms with Crippen LogP contribution in [0, 0.1) is 13.8 Å². The second kappa shape index (κ2) is 8.75. The lowest BCUT2D eigenvalue weighted by molar-refractivity contribution is -0.118. The third-order valence-electron chi connectivity index (χ3n) is 4.80. The molecule has 3 rings (SSSR count). The molecule has 1 amide bonds. The van der Waals surface area contributed by atoms with E-state index < -0.39 is 0 Å². The molecule has 0 bridgehead atoms. The van der Waals surface area contributed by atoms with Gasteiger partial charge >= 0.3 is 0 Å². The Kier molecular flexibility index (Phi) is 6.15. The summed E-state index contributed by atoms with van der Waals surface area (Å²) in [6.07, 6.45) is 0. The zero-order valence-corrected chi connectivity index (χ0v) is 17.0. The minimum atomic E-state index is -0.154. The highest BCUT2D eigenvalue weighted by molar-refractivity contribution is 5.93. The van der Waals surface area contributed by atoms with E-state index in [-0.39, 0.29) is 12.5 Å². The number of anilines is 1. The van der Waals surface area contributed by atoms with Crippen molar-refractivity contribution in [3.63, 3.8) is 0 Å². The van der Waals surface area contributed by atoms with E-state index in [1.165, 1.54) is 5.56 Å². The van der Waals surface area contributed by atoms with Crippen molar-refractivity contribution < 1.29 is 9.53 Å². The van der Waals surface area contributed by atoms with Crippen molar-refractivity contribution in [2.45, 2.75) is 33.6 Å². The molecule has 3 heteroatoms. The summed E-state index contributed by atoms with van der Waals surface area (Å²) in [6, 6.07) is 22.3.